The van der Waals surface area contributed by atoms with Crippen molar-refractivity contribution in [1.29, 1.82) is 0 Å². The van der Waals surface area contributed by atoms with Gasteiger partial charge in [-0.2, -0.15) is 0 Å². The summed E-state index contributed by atoms with van der Waals surface area (Å²) in [4.78, 5) is 25.9. The largest absolute Gasteiger partial charge is 0.355 e. The number of fused-ring (bicyclic) bond motifs is 2. The molecule has 4 aliphatic carbocycles. The SMILES string of the molecule is O=C(NCC1CCC2CCNCC2C1)C1CCC(C2CC2C(=O)NC2CCC3CNCCC3C2)CC1F. The molecule has 0 aromatic heterocycles. The molecule has 0 aromatic rings. The Morgan fingerprint density at radius 3 is 2.27 bits per heavy atom. The highest BCUT2D eigenvalue weighted by Gasteiger charge is 2.51. The second-order valence-electron chi connectivity index (χ2n) is 13.7. The summed E-state index contributed by atoms with van der Waals surface area (Å²) in [5.74, 6) is 3.95. The highest BCUT2D eigenvalue weighted by molar-refractivity contribution is 5.82. The van der Waals surface area contributed by atoms with Crippen LogP contribution in [0.15, 0.2) is 0 Å². The van der Waals surface area contributed by atoms with Gasteiger partial charge in [-0.15, -0.1) is 0 Å². The minimum absolute atomic E-state index is 0.0673. The lowest BCUT2D eigenvalue weighted by atomic mass is 9.71. The van der Waals surface area contributed by atoms with E-state index in [-0.39, 0.29) is 23.7 Å². The van der Waals surface area contributed by atoms with Crippen LogP contribution in [0.4, 0.5) is 4.39 Å². The summed E-state index contributed by atoms with van der Waals surface area (Å²) in [6.45, 7) is 5.22. The lowest BCUT2D eigenvalue weighted by molar-refractivity contribution is -0.129. The molecule has 0 radical (unpaired) electrons. The zero-order valence-electron chi connectivity index (χ0n) is 22.6. The third kappa shape index (κ3) is 6.03. The van der Waals surface area contributed by atoms with Crippen LogP contribution in [-0.4, -0.2) is 56.8 Å². The van der Waals surface area contributed by atoms with Crippen molar-refractivity contribution in [3.63, 3.8) is 0 Å². The van der Waals surface area contributed by atoms with E-state index >= 15 is 4.39 Å². The number of rotatable bonds is 6. The highest BCUT2D eigenvalue weighted by Crippen LogP contribution is 2.51. The van der Waals surface area contributed by atoms with Gasteiger partial charge in [-0.1, -0.05) is 0 Å². The maximum atomic E-state index is 15.2. The summed E-state index contributed by atoms with van der Waals surface area (Å²) < 4.78 is 15.2. The minimum atomic E-state index is -1.07. The average Bonchev–Trinajstić information content (AvgIpc) is 3.73. The van der Waals surface area contributed by atoms with Crippen LogP contribution in [0.2, 0.25) is 0 Å². The van der Waals surface area contributed by atoms with Gasteiger partial charge in [0, 0.05) is 18.5 Å². The van der Waals surface area contributed by atoms with E-state index in [4.69, 9.17) is 0 Å². The normalized spacial score (nSPS) is 45.7. The van der Waals surface area contributed by atoms with Gasteiger partial charge in [-0.05, 0) is 145 Å². The van der Waals surface area contributed by atoms with Crippen molar-refractivity contribution in [1.82, 2.24) is 21.3 Å². The Bertz CT molecular complexity index is 825. The molecular formula is C30H49FN4O2. The van der Waals surface area contributed by atoms with E-state index in [1.54, 1.807) is 0 Å². The van der Waals surface area contributed by atoms with Crippen LogP contribution >= 0.6 is 0 Å². The molecular weight excluding hydrogens is 467 g/mol. The van der Waals surface area contributed by atoms with Crippen LogP contribution in [0.25, 0.3) is 0 Å². The summed E-state index contributed by atoms with van der Waals surface area (Å²) in [5.41, 5.74) is 0. The number of halogens is 1. The molecule has 0 aromatic carbocycles. The molecule has 2 amide bonds. The van der Waals surface area contributed by atoms with Gasteiger partial charge in [-0.25, -0.2) is 4.39 Å². The lowest BCUT2D eigenvalue weighted by Gasteiger charge is -2.40. The molecule has 0 spiro atoms. The van der Waals surface area contributed by atoms with E-state index in [0.29, 0.717) is 37.3 Å². The zero-order chi connectivity index (χ0) is 25.4. The molecule has 6 aliphatic rings. The van der Waals surface area contributed by atoms with Crippen molar-refractivity contribution in [3.05, 3.63) is 0 Å². The molecule has 2 aliphatic heterocycles. The summed E-state index contributed by atoms with van der Waals surface area (Å²) in [7, 11) is 0. The van der Waals surface area contributed by atoms with Crippen molar-refractivity contribution in [2.75, 3.05) is 32.7 Å². The molecule has 4 saturated carbocycles. The number of hydrogen-bond acceptors (Lipinski definition) is 4. The fourth-order valence-electron chi connectivity index (χ4n) is 9.02. The number of carbonyl (C=O) groups excluding carboxylic acids is 2. The lowest BCUT2D eigenvalue weighted by Crippen LogP contribution is -2.46. The van der Waals surface area contributed by atoms with Gasteiger partial charge < -0.3 is 21.3 Å². The molecule has 7 heteroatoms. The maximum Gasteiger partial charge on any atom is 0.226 e. The Kier molecular flexibility index (Phi) is 8.09. The van der Waals surface area contributed by atoms with Crippen LogP contribution in [0.1, 0.15) is 77.0 Å². The van der Waals surface area contributed by atoms with Gasteiger partial charge in [0.05, 0.1) is 5.92 Å². The maximum absolute atomic E-state index is 15.2. The first-order valence-electron chi connectivity index (χ1n) is 15.7. The summed E-state index contributed by atoms with van der Waals surface area (Å²) in [6.07, 6.45) is 11.4. The number of amides is 2. The van der Waals surface area contributed by atoms with Crippen molar-refractivity contribution >= 4 is 11.8 Å². The van der Waals surface area contributed by atoms with Gasteiger partial charge in [0.25, 0.3) is 0 Å². The quantitative estimate of drug-likeness (QED) is 0.436. The zero-order valence-corrected chi connectivity index (χ0v) is 22.6. The molecule has 37 heavy (non-hydrogen) atoms. The van der Waals surface area contributed by atoms with Gasteiger partial charge in [-0.3, -0.25) is 9.59 Å². The Labute approximate surface area is 222 Å². The second-order valence-corrected chi connectivity index (χ2v) is 13.7. The van der Waals surface area contributed by atoms with Gasteiger partial charge in [0.15, 0.2) is 0 Å². The van der Waals surface area contributed by atoms with E-state index in [2.05, 4.69) is 21.3 Å². The number of nitrogens with one attached hydrogen (secondary N) is 4. The Hall–Kier alpha value is -1.21. The fraction of sp³-hybridized carbons (Fsp3) is 0.933. The van der Waals surface area contributed by atoms with Crippen molar-refractivity contribution in [3.8, 4) is 0 Å². The predicted molar refractivity (Wildman–Crippen MR) is 142 cm³/mol. The van der Waals surface area contributed by atoms with Crippen molar-refractivity contribution in [2.24, 2.45) is 53.3 Å². The second kappa shape index (κ2) is 11.5. The first-order valence-corrected chi connectivity index (χ1v) is 15.7. The van der Waals surface area contributed by atoms with E-state index in [0.717, 1.165) is 75.5 Å². The Morgan fingerprint density at radius 1 is 0.676 bits per heavy atom. The number of hydrogen-bond donors (Lipinski definition) is 4. The van der Waals surface area contributed by atoms with E-state index in [9.17, 15) is 9.59 Å². The van der Waals surface area contributed by atoms with Crippen LogP contribution in [0.3, 0.4) is 0 Å². The molecule has 6 rings (SSSR count). The Morgan fingerprint density at radius 2 is 1.43 bits per heavy atom. The van der Waals surface area contributed by atoms with E-state index in [1.165, 1.54) is 38.5 Å². The summed E-state index contributed by atoms with van der Waals surface area (Å²) in [6, 6.07) is 0.325. The molecule has 11 atom stereocenters. The summed E-state index contributed by atoms with van der Waals surface area (Å²) >= 11 is 0. The molecule has 6 nitrogen and oxygen atoms in total. The number of alkyl halides is 1. The monoisotopic (exact) mass is 516 g/mol. The molecule has 11 unspecified atom stereocenters. The Balaban J connectivity index is 0.909. The first-order chi connectivity index (χ1) is 18.0. The first kappa shape index (κ1) is 26.0. The minimum Gasteiger partial charge on any atom is -0.355 e. The topological polar surface area (TPSA) is 82.3 Å². The van der Waals surface area contributed by atoms with E-state index < -0.39 is 12.1 Å². The molecule has 208 valence electrons. The standard InChI is InChI=1S/C30H49FN4O2/c31-28-13-21(26-14-27(26)30(37)35-24-5-3-22-16-32-10-8-20(22)12-24)4-6-25(28)29(36)34-15-18-1-2-19-7-9-33-17-23(19)11-18/h18-28,32-33H,1-17H2,(H,34,36)(H,35,37). The van der Waals surface area contributed by atoms with Gasteiger partial charge in [0.2, 0.25) is 11.8 Å². The summed E-state index contributed by atoms with van der Waals surface area (Å²) in [5, 5.41) is 13.5. The fourth-order valence-corrected chi connectivity index (χ4v) is 9.02. The van der Waals surface area contributed by atoms with Gasteiger partial charge in [0.1, 0.15) is 6.17 Å². The van der Waals surface area contributed by atoms with Gasteiger partial charge >= 0.3 is 0 Å². The smallest absolute Gasteiger partial charge is 0.226 e. The van der Waals surface area contributed by atoms with Crippen molar-refractivity contribution < 1.29 is 14.0 Å². The highest BCUT2D eigenvalue weighted by atomic mass is 19.1. The van der Waals surface area contributed by atoms with Crippen LogP contribution < -0.4 is 21.3 Å². The third-order valence-electron chi connectivity index (χ3n) is 11.4. The molecule has 0 bridgehead atoms. The molecule has 2 saturated heterocycles. The third-order valence-corrected chi connectivity index (χ3v) is 11.4. The van der Waals surface area contributed by atoms with Crippen LogP contribution in [0, 0.1) is 53.3 Å². The van der Waals surface area contributed by atoms with E-state index in [1.807, 2.05) is 0 Å². The predicted octanol–water partition coefficient (Wildman–Crippen LogP) is 3.41. The molecule has 4 N–H and O–H groups in total. The number of carbonyl (C=O) groups is 2. The van der Waals surface area contributed by atoms with Crippen LogP contribution in [-0.2, 0) is 9.59 Å². The van der Waals surface area contributed by atoms with Crippen LogP contribution in [0.5, 0.6) is 0 Å². The molecule has 6 fully saturated rings. The molecule has 2 heterocycles. The van der Waals surface area contributed by atoms with Crippen molar-refractivity contribution in [2.45, 2.75) is 89.3 Å². The number of piperidine rings is 2. The average molecular weight is 517 g/mol.